The lowest BCUT2D eigenvalue weighted by atomic mass is 10.1. The molecule has 0 fully saturated rings. The summed E-state index contributed by atoms with van der Waals surface area (Å²) in [6.45, 7) is 8.79. The minimum Gasteiger partial charge on any atom is -0.350 e. The Morgan fingerprint density at radius 1 is 1.12 bits per heavy atom. The van der Waals surface area contributed by atoms with E-state index < -0.39 is 21.5 Å². The van der Waals surface area contributed by atoms with Crippen LogP contribution >= 0.6 is 0 Å². The van der Waals surface area contributed by atoms with E-state index in [-0.39, 0.29) is 22.9 Å². The molecular weight excluding hydrogens is 342 g/mol. The first-order valence-corrected chi connectivity index (χ1v) is 9.32. The van der Waals surface area contributed by atoms with Crippen molar-refractivity contribution in [2.75, 3.05) is 20.6 Å². The Labute approximate surface area is 149 Å². The Morgan fingerprint density at radius 2 is 1.68 bits per heavy atom. The van der Waals surface area contributed by atoms with E-state index in [1.54, 1.807) is 19.9 Å². The smallest absolute Gasteiger partial charge is 0.251 e. The molecule has 0 unspecified atom stereocenters. The highest BCUT2D eigenvalue weighted by atomic mass is 32.2. The molecule has 140 valence electrons. The first-order valence-electron chi connectivity index (χ1n) is 7.88. The molecule has 0 bridgehead atoms. The van der Waals surface area contributed by atoms with Gasteiger partial charge in [0.1, 0.15) is 0 Å². The number of nitrogens with one attached hydrogen (secondary N) is 2. The number of benzene rings is 1. The standard InChI is InChI=1S/C17H27N3O4S/c1-11-8-13(9-14(12(11)2)25(23,24)20(6)7)16(22)18-10-15(21)19-17(3,4)5/h8-9H,10H2,1-7H3,(H,18,22)(H,19,21). The zero-order valence-corrected chi connectivity index (χ0v) is 16.7. The van der Waals surface area contributed by atoms with Crippen LogP contribution in [0.3, 0.4) is 0 Å². The lowest BCUT2D eigenvalue weighted by Crippen LogP contribution is -2.45. The van der Waals surface area contributed by atoms with E-state index in [1.165, 1.54) is 20.2 Å². The van der Waals surface area contributed by atoms with Gasteiger partial charge in [-0.1, -0.05) is 0 Å². The van der Waals surface area contributed by atoms with Gasteiger partial charge in [0.05, 0.1) is 11.4 Å². The molecule has 0 radical (unpaired) electrons. The molecule has 0 spiro atoms. The average molecular weight is 369 g/mol. The molecule has 0 aliphatic heterocycles. The van der Waals surface area contributed by atoms with Gasteiger partial charge >= 0.3 is 0 Å². The van der Waals surface area contributed by atoms with E-state index in [0.29, 0.717) is 11.1 Å². The van der Waals surface area contributed by atoms with Gasteiger partial charge in [0, 0.05) is 25.2 Å². The van der Waals surface area contributed by atoms with Gasteiger partial charge in [0.15, 0.2) is 0 Å². The highest BCUT2D eigenvalue weighted by Gasteiger charge is 2.23. The van der Waals surface area contributed by atoms with Crippen molar-refractivity contribution in [1.82, 2.24) is 14.9 Å². The van der Waals surface area contributed by atoms with Crippen molar-refractivity contribution in [1.29, 1.82) is 0 Å². The van der Waals surface area contributed by atoms with Crippen LogP contribution in [0.2, 0.25) is 0 Å². The van der Waals surface area contributed by atoms with Crippen LogP contribution in [-0.2, 0) is 14.8 Å². The van der Waals surface area contributed by atoms with Gasteiger partial charge in [-0.25, -0.2) is 12.7 Å². The Hall–Kier alpha value is -1.93. The number of amides is 2. The summed E-state index contributed by atoms with van der Waals surface area (Å²) in [4.78, 5) is 24.2. The maximum Gasteiger partial charge on any atom is 0.251 e. The Balaban J connectivity index is 3.05. The van der Waals surface area contributed by atoms with Crippen LogP contribution in [0.15, 0.2) is 17.0 Å². The fraction of sp³-hybridized carbons (Fsp3) is 0.529. The Morgan fingerprint density at radius 3 is 2.16 bits per heavy atom. The molecule has 1 aromatic rings. The molecule has 1 rings (SSSR count). The van der Waals surface area contributed by atoms with Gasteiger partial charge in [0.25, 0.3) is 5.91 Å². The first kappa shape index (κ1) is 21.1. The van der Waals surface area contributed by atoms with E-state index in [1.807, 2.05) is 20.8 Å². The maximum absolute atomic E-state index is 12.4. The number of aryl methyl sites for hydroxylation is 1. The second-order valence-electron chi connectivity index (χ2n) is 7.18. The highest BCUT2D eigenvalue weighted by Crippen LogP contribution is 2.23. The molecule has 0 heterocycles. The van der Waals surface area contributed by atoms with Crippen LogP contribution in [0.4, 0.5) is 0 Å². The molecule has 25 heavy (non-hydrogen) atoms. The van der Waals surface area contributed by atoms with Crippen molar-refractivity contribution in [3.8, 4) is 0 Å². The van der Waals surface area contributed by atoms with Gasteiger partial charge in [-0.15, -0.1) is 0 Å². The summed E-state index contributed by atoms with van der Waals surface area (Å²) < 4.78 is 26.0. The quantitative estimate of drug-likeness (QED) is 0.815. The number of carbonyl (C=O) groups is 2. The minimum atomic E-state index is -3.67. The van der Waals surface area contributed by atoms with Gasteiger partial charge in [-0.3, -0.25) is 9.59 Å². The van der Waals surface area contributed by atoms with Crippen molar-refractivity contribution < 1.29 is 18.0 Å². The van der Waals surface area contributed by atoms with Crippen molar-refractivity contribution in [3.05, 3.63) is 28.8 Å². The molecule has 8 heteroatoms. The van der Waals surface area contributed by atoms with E-state index in [2.05, 4.69) is 10.6 Å². The molecule has 0 aliphatic carbocycles. The second kappa shape index (κ2) is 7.53. The number of hydrogen-bond donors (Lipinski definition) is 2. The van der Waals surface area contributed by atoms with Gasteiger partial charge < -0.3 is 10.6 Å². The molecule has 0 aliphatic rings. The lowest BCUT2D eigenvalue weighted by Gasteiger charge is -2.20. The molecule has 1 aromatic carbocycles. The largest absolute Gasteiger partial charge is 0.350 e. The van der Waals surface area contributed by atoms with E-state index in [4.69, 9.17) is 0 Å². The van der Waals surface area contributed by atoms with Crippen molar-refractivity contribution >= 4 is 21.8 Å². The molecule has 0 saturated heterocycles. The van der Waals surface area contributed by atoms with Crippen molar-refractivity contribution in [2.45, 2.75) is 45.1 Å². The van der Waals surface area contributed by atoms with E-state index >= 15 is 0 Å². The first-order chi connectivity index (χ1) is 11.3. The molecule has 0 aromatic heterocycles. The molecule has 7 nitrogen and oxygen atoms in total. The third kappa shape index (κ3) is 5.54. The summed E-state index contributed by atoms with van der Waals surface area (Å²) in [5.41, 5.74) is 1.09. The number of carbonyl (C=O) groups excluding carboxylic acids is 2. The lowest BCUT2D eigenvalue weighted by molar-refractivity contribution is -0.121. The zero-order chi connectivity index (χ0) is 19.6. The third-order valence-electron chi connectivity index (χ3n) is 3.56. The summed E-state index contributed by atoms with van der Waals surface area (Å²) in [6, 6.07) is 2.95. The van der Waals surface area contributed by atoms with Crippen molar-refractivity contribution in [2.24, 2.45) is 0 Å². The van der Waals surface area contributed by atoms with Gasteiger partial charge in [0.2, 0.25) is 15.9 Å². The predicted octanol–water partition coefficient (Wildman–Crippen LogP) is 1.20. The fourth-order valence-electron chi connectivity index (χ4n) is 2.15. The number of rotatable bonds is 5. The topological polar surface area (TPSA) is 95.6 Å². The molecular formula is C17H27N3O4S. The zero-order valence-electron chi connectivity index (χ0n) is 15.9. The number of sulfonamides is 1. The Bertz CT molecular complexity index is 778. The van der Waals surface area contributed by atoms with Crippen LogP contribution in [0.5, 0.6) is 0 Å². The van der Waals surface area contributed by atoms with E-state index in [9.17, 15) is 18.0 Å². The summed E-state index contributed by atoms with van der Waals surface area (Å²) in [7, 11) is -0.791. The van der Waals surface area contributed by atoms with Crippen LogP contribution in [0.25, 0.3) is 0 Å². The van der Waals surface area contributed by atoms with Gasteiger partial charge in [-0.05, 0) is 57.9 Å². The summed E-state index contributed by atoms with van der Waals surface area (Å²) in [5.74, 6) is -0.812. The SMILES string of the molecule is Cc1cc(C(=O)NCC(=O)NC(C)(C)C)cc(S(=O)(=O)N(C)C)c1C. The summed E-state index contributed by atoms with van der Waals surface area (Å²) >= 11 is 0. The van der Waals surface area contributed by atoms with Crippen LogP contribution < -0.4 is 10.6 Å². The minimum absolute atomic E-state index is 0.0850. The fourth-order valence-corrected chi connectivity index (χ4v) is 3.36. The molecule has 2 amide bonds. The monoisotopic (exact) mass is 369 g/mol. The number of hydrogen-bond acceptors (Lipinski definition) is 4. The molecule has 0 atom stereocenters. The summed E-state index contributed by atoms with van der Waals surface area (Å²) in [6.07, 6.45) is 0. The highest BCUT2D eigenvalue weighted by molar-refractivity contribution is 7.89. The number of nitrogens with zero attached hydrogens (tertiary/aromatic N) is 1. The third-order valence-corrected chi connectivity index (χ3v) is 5.51. The van der Waals surface area contributed by atoms with Crippen LogP contribution in [0.1, 0.15) is 42.3 Å². The van der Waals surface area contributed by atoms with Crippen LogP contribution in [-0.4, -0.2) is 50.7 Å². The molecule has 2 N–H and O–H groups in total. The average Bonchev–Trinajstić information content (AvgIpc) is 2.45. The summed E-state index contributed by atoms with van der Waals surface area (Å²) in [5, 5.41) is 5.26. The Kier molecular flexibility index (Phi) is 6.36. The predicted molar refractivity (Wildman–Crippen MR) is 97.0 cm³/mol. The normalized spacial score (nSPS) is 12.2. The maximum atomic E-state index is 12.4. The van der Waals surface area contributed by atoms with E-state index in [0.717, 1.165) is 4.31 Å². The van der Waals surface area contributed by atoms with Crippen LogP contribution in [0, 0.1) is 13.8 Å². The second-order valence-corrected chi connectivity index (χ2v) is 9.30. The molecule has 0 saturated carbocycles. The van der Waals surface area contributed by atoms with Crippen molar-refractivity contribution in [3.63, 3.8) is 0 Å². The van der Waals surface area contributed by atoms with Gasteiger partial charge in [-0.2, -0.15) is 0 Å².